The normalized spacial score (nSPS) is 15.4. The number of rotatable bonds is 6. The lowest BCUT2D eigenvalue weighted by Gasteiger charge is -2.17. The van der Waals surface area contributed by atoms with Crippen LogP contribution in [-0.4, -0.2) is 30.9 Å². The topological polar surface area (TPSA) is 32.8 Å². The second-order valence-corrected chi connectivity index (χ2v) is 9.05. The molecule has 0 bridgehead atoms. The van der Waals surface area contributed by atoms with Crippen LogP contribution in [-0.2, 0) is 4.79 Å². The van der Waals surface area contributed by atoms with Crippen LogP contribution in [0.1, 0.15) is 18.9 Å². The number of benzene rings is 2. The quantitative estimate of drug-likeness (QED) is 0.393. The minimum absolute atomic E-state index is 0.117. The highest BCUT2D eigenvalue weighted by Crippen LogP contribution is 2.38. The van der Waals surface area contributed by atoms with E-state index in [-0.39, 0.29) is 5.91 Å². The van der Waals surface area contributed by atoms with Crippen LogP contribution in [0.5, 0.6) is 5.75 Å². The lowest BCUT2D eigenvalue weighted by Crippen LogP contribution is -2.27. The molecule has 2 aromatic carbocycles. The third-order valence-electron chi connectivity index (χ3n) is 4.14. The lowest BCUT2D eigenvalue weighted by atomic mass is 10.1. The number of hydrogen-bond acceptors (Lipinski definition) is 5. The fourth-order valence-electron chi connectivity index (χ4n) is 2.71. The Morgan fingerprint density at radius 2 is 1.93 bits per heavy atom. The second kappa shape index (κ2) is 9.11. The largest absolute Gasteiger partial charge is 0.493 e. The second-order valence-electron chi connectivity index (χ2n) is 6.46. The van der Waals surface area contributed by atoms with Crippen LogP contribution in [0, 0.1) is 0 Å². The monoisotopic (exact) mass is 476 g/mol. The minimum Gasteiger partial charge on any atom is -0.493 e. The van der Waals surface area contributed by atoms with Gasteiger partial charge in [-0.15, -0.1) is 0 Å². The zero-order valence-corrected chi connectivity index (χ0v) is 19.2. The van der Waals surface area contributed by atoms with E-state index in [1.54, 1.807) is 4.90 Å². The van der Waals surface area contributed by atoms with Crippen molar-refractivity contribution >= 4 is 67.6 Å². The van der Waals surface area contributed by atoms with Crippen molar-refractivity contribution in [2.75, 3.05) is 30.5 Å². The van der Waals surface area contributed by atoms with Gasteiger partial charge in [-0.2, -0.15) is 0 Å². The Balaban J connectivity index is 1.90. The smallest absolute Gasteiger partial charge is 0.270 e. The van der Waals surface area contributed by atoms with Gasteiger partial charge in [-0.05, 0) is 55.0 Å². The van der Waals surface area contributed by atoms with E-state index in [0.29, 0.717) is 15.8 Å². The van der Waals surface area contributed by atoms with Crippen molar-refractivity contribution in [1.29, 1.82) is 0 Å². The maximum atomic E-state index is 13.0. The predicted molar refractivity (Wildman–Crippen MR) is 126 cm³/mol. The molecule has 0 radical (unpaired) electrons. The van der Waals surface area contributed by atoms with Crippen molar-refractivity contribution in [1.82, 2.24) is 0 Å². The van der Waals surface area contributed by atoms with Crippen molar-refractivity contribution in [3.05, 3.63) is 57.4 Å². The summed E-state index contributed by atoms with van der Waals surface area (Å²) in [5.74, 6) is 0.639. The first-order valence-electron chi connectivity index (χ1n) is 8.88. The molecule has 146 valence electrons. The van der Waals surface area contributed by atoms with Gasteiger partial charge in [-0.1, -0.05) is 46.8 Å². The van der Waals surface area contributed by atoms with Gasteiger partial charge < -0.3 is 9.64 Å². The van der Waals surface area contributed by atoms with Crippen LogP contribution >= 0.6 is 39.9 Å². The molecule has 0 N–H and O–H groups in total. The molecule has 4 nitrogen and oxygen atoms in total. The molecule has 7 heteroatoms. The third kappa shape index (κ3) is 4.59. The molecule has 0 unspecified atom stereocenters. The first kappa shape index (κ1) is 20.9. The molecular formula is C21H21BrN2O2S2. The van der Waals surface area contributed by atoms with Crippen LogP contribution in [0.4, 0.5) is 11.4 Å². The fraction of sp³-hybridized carbons (Fsp3) is 0.238. The lowest BCUT2D eigenvalue weighted by molar-refractivity contribution is -0.113. The molecule has 1 aliphatic heterocycles. The van der Waals surface area contributed by atoms with Gasteiger partial charge in [0.15, 0.2) is 4.32 Å². The van der Waals surface area contributed by atoms with Crippen LogP contribution < -0.4 is 14.5 Å². The van der Waals surface area contributed by atoms with Crippen LogP contribution in [0.3, 0.4) is 0 Å². The molecule has 1 fully saturated rings. The maximum absolute atomic E-state index is 13.0. The highest BCUT2D eigenvalue weighted by atomic mass is 79.9. The van der Waals surface area contributed by atoms with E-state index in [2.05, 4.69) is 22.9 Å². The Morgan fingerprint density at radius 1 is 1.21 bits per heavy atom. The number of anilines is 2. The van der Waals surface area contributed by atoms with Gasteiger partial charge in [-0.25, -0.2) is 0 Å². The number of amides is 1. The Hall–Kier alpha value is -1.83. The Bertz CT molecular complexity index is 927. The number of thioether (sulfide) groups is 1. The zero-order chi connectivity index (χ0) is 20.3. The van der Waals surface area contributed by atoms with Crippen LogP contribution in [0.15, 0.2) is 51.8 Å². The molecule has 1 saturated heterocycles. The average molecular weight is 477 g/mol. The van der Waals surface area contributed by atoms with E-state index in [4.69, 9.17) is 17.0 Å². The summed E-state index contributed by atoms with van der Waals surface area (Å²) in [6.07, 6.45) is 2.77. The minimum atomic E-state index is -0.117. The number of hydrogen-bond donors (Lipinski definition) is 0. The van der Waals surface area contributed by atoms with Gasteiger partial charge in [0.25, 0.3) is 5.91 Å². The van der Waals surface area contributed by atoms with Crippen molar-refractivity contribution in [2.45, 2.75) is 13.3 Å². The van der Waals surface area contributed by atoms with Gasteiger partial charge in [0.1, 0.15) is 5.75 Å². The molecule has 0 spiro atoms. The molecular weight excluding hydrogens is 456 g/mol. The summed E-state index contributed by atoms with van der Waals surface area (Å²) in [5, 5.41) is 0. The van der Waals surface area contributed by atoms with Crippen LogP contribution in [0.2, 0.25) is 0 Å². The van der Waals surface area contributed by atoms with Crippen molar-refractivity contribution in [3.63, 3.8) is 0 Å². The molecule has 0 aromatic heterocycles. The number of ether oxygens (including phenoxy) is 1. The van der Waals surface area contributed by atoms with E-state index in [0.717, 1.165) is 33.6 Å². The number of carbonyl (C=O) groups excluding carboxylic acids is 1. The number of nitrogens with zero attached hydrogens (tertiary/aromatic N) is 2. The summed E-state index contributed by atoms with van der Waals surface area (Å²) < 4.78 is 7.28. The Kier molecular flexibility index (Phi) is 6.80. The summed E-state index contributed by atoms with van der Waals surface area (Å²) in [4.78, 5) is 17.2. The zero-order valence-electron chi connectivity index (χ0n) is 15.9. The van der Waals surface area contributed by atoms with E-state index in [1.807, 2.05) is 67.5 Å². The molecule has 0 saturated carbocycles. The van der Waals surface area contributed by atoms with Crippen molar-refractivity contribution < 1.29 is 9.53 Å². The summed E-state index contributed by atoms with van der Waals surface area (Å²) >= 11 is 10.3. The van der Waals surface area contributed by atoms with Crippen molar-refractivity contribution in [3.8, 4) is 5.75 Å². The number of carbonyl (C=O) groups is 1. The molecule has 1 heterocycles. The average Bonchev–Trinajstić information content (AvgIpc) is 2.94. The van der Waals surface area contributed by atoms with Crippen molar-refractivity contribution in [2.24, 2.45) is 0 Å². The van der Waals surface area contributed by atoms with Gasteiger partial charge >= 0.3 is 0 Å². The molecule has 28 heavy (non-hydrogen) atoms. The van der Waals surface area contributed by atoms with Gasteiger partial charge in [0.05, 0.1) is 17.2 Å². The molecule has 1 amide bonds. The molecule has 3 rings (SSSR count). The maximum Gasteiger partial charge on any atom is 0.270 e. The summed E-state index contributed by atoms with van der Waals surface area (Å²) in [7, 11) is 3.96. The van der Waals surface area contributed by atoms with E-state index >= 15 is 0 Å². The molecule has 1 aliphatic rings. The highest BCUT2D eigenvalue weighted by Gasteiger charge is 2.33. The summed E-state index contributed by atoms with van der Waals surface area (Å²) in [6, 6.07) is 13.6. The molecule has 0 atom stereocenters. The Labute approximate surface area is 183 Å². The van der Waals surface area contributed by atoms with Gasteiger partial charge in [0.2, 0.25) is 0 Å². The standard InChI is InChI=1S/C21H21BrN2O2S2/c1-4-11-26-18-10-5-15(22)12-14(18)13-19-20(25)24(21(27)28-19)17-8-6-16(7-9-17)23(2)3/h5-10,12-13H,4,11H2,1-3H3/b19-13+. The van der Waals surface area contributed by atoms with E-state index in [1.165, 1.54) is 11.8 Å². The number of thiocarbonyl (C=S) groups is 1. The van der Waals surface area contributed by atoms with Crippen LogP contribution in [0.25, 0.3) is 6.08 Å². The SMILES string of the molecule is CCCOc1ccc(Br)cc1/C=C1/SC(=S)N(c2ccc(N(C)C)cc2)C1=O. The molecule has 2 aromatic rings. The summed E-state index contributed by atoms with van der Waals surface area (Å²) in [5.41, 5.74) is 2.69. The van der Waals surface area contributed by atoms with E-state index in [9.17, 15) is 4.79 Å². The highest BCUT2D eigenvalue weighted by molar-refractivity contribution is 9.10. The van der Waals surface area contributed by atoms with Gasteiger partial charge in [-0.3, -0.25) is 9.69 Å². The van der Waals surface area contributed by atoms with Gasteiger partial charge in [0, 0.05) is 29.8 Å². The number of halogens is 1. The fourth-order valence-corrected chi connectivity index (χ4v) is 4.38. The first-order valence-corrected chi connectivity index (χ1v) is 10.9. The predicted octanol–water partition coefficient (Wildman–Crippen LogP) is 5.71. The summed E-state index contributed by atoms with van der Waals surface area (Å²) in [6.45, 7) is 2.69. The molecule has 0 aliphatic carbocycles. The van der Waals surface area contributed by atoms with E-state index < -0.39 is 0 Å². The third-order valence-corrected chi connectivity index (χ3v) is 5.93. The Morgan fingerprint density at radius 3 is 2.57 bits per heavy atom. The first-order chi connectivity index (χ1) is 13.4.